The second kappa shape index (κ2) is 6.93. The van der Waals surface area contributed by atoms with Crippen molar-refractivity contribution < 1.29 is 14.3 Å². The van der Waals surface area contributed by atoms with Gasteiger partial charge >= 0.3 is 5.97 Å². The minimum absolute atomic E-state index is 0.294. The Morgan fingerprint density at radius 3 is 2.74 bits per heavy atom. The van der Waals surface area contributed by atoms with Crippen LogP contribution in [-0.4, -0.2) is 20.6 Å². The molecule has 0 unspecified atom stereocenters. The molecule has 0 radical (unpaired) electrons. The van der Waals surface area contributed by atoms with Gasteiger partial charge < -0.3 is 19.4 Å². The molecule has 6 heteroatoms. The maximum atomic E-state index is 10.8. The van der Waals surface area contributed by atoms with Crippen LogP contribution in [0.1, 0.15) is 27.4 Å². The number of aromatic nitrogens is 2. The van der Waals surface area contributed by atoms with Crippen molar-refractivity contribution in [2.75, 3.05) is 0 Å². The fourth-order valence-corrected chi connectivity index (χ4v) is 2.27. The van der Waals surface area contributed by atoms with Crippen molar-refractivity contribution in [1.29, 1.82) is 0 Å². The molecule has 118 valence electrons. The lowest BCUT2D eigenvalue weighted by atomic mass is 10.1. The molecule has 1 aromatic carbocycles. The summed E-state index contributed by atoms with van der Waals surface area (Å²) >= 11 is 0. The molecule has 0 atom stereocenters. The molecule has 0 amide bonds. The monoisotopic (exact) mass is 311 g/mol. The Morgan fingerprint density at radius 2 is 2.04 bits per heavy atom. The molecule has 2 aromatic heterocycles. The fraction of sp³-hybridized carbons (Fsp3) is 0.176. The topological polar surface area (TPSA) is 80.3 Å². The van der Waals surface area contributed by atoms with Gasteiger partial charge in [0, 0.05) is 19.3 Å². The van der Waals surface area contributed by atoms with Crippen LogP contribution in [0.2, 0.25) is 0 Å². The summed E-state index contributed by atoms with van der Waals surface area (Å²) in [6.45, 7) is 1.98. The van der Waals surface area contributed by atoms with E-state index in [2.05, 4.69) is 10.3 Å². The molecule has 0 bridgehead atoms. The standard InChI is InChI=1S/C17H17N3O3/c21-17(22)14-5-3-13(4-6-14)10-20-11-15(19-12-20)8-18-9-16-2-1-7-23-16/h1-7,11-12,18H,8-10H2,(H,21,22). The number of imidazole rings is 1. The van der Waals surface area contributed by atoms with Crippen LogP contribution >= 0.6 is 0 Å². The number of nitrogens with zero attached hydrogens (tertiary/aromatic N) is 2. The molecule has 0 saturated heterocycles. The Morgan fingerprint density at radius 1 is 1.22 bits per heavy atom. The molecular weight excluding hydrogens is 294 g/mol. The highest BCUT2D eigenvalue weighted by molar-refractivity contribution is 5.87. The van der Waals surface area contributed by atoms with E-state index in [0.29, 0.717) is 25.2 Å². The van der Waals surface area contributed by atoms with Crippen LogP contribution < -0.4 is 5.32 Å². The van der Waals surface area contributed by atoms with Crippen molar-refractivity contribution in [3.63, 3.8) is 0 Å². The predicted octanol–water partition coefficient (Wildman–Crippen LogP) is 2.51. The van der Waals surface area contributed by atoms with Gasteiger partial charge in [0.05, 0.1) is 30.4 Å². The average Bonchev–Trinajstić information content (AvgIpc) is 3.20. The van der Waals surface area contributed by atoms with Crippen molar-refractivity contribution in [3.8, 4) is 0 Å². The smallest absolute Gasteiger partial charge is 0.335 e. The van der Waals surface area contributed by atoms with Gasteiger partial charge in [-0.15, -0.1) is 0 Å². The van der Waals surface area contributed by atoms with Gasteiger partial charge in [-0.25, -0.2) is 9.78 Å². The zero-order chi connectivity index (χ0) is 16.1. The average molecular weight is 311 g/mol. The number of carbonyl (C=O) groups is 1. The lowest BCUT2D eigenvalue weighted by Crippen LogP contribution is -2.12. The fourth-order valence-electron chi connectivity index (χ4n) is 2.27. The van der Waals surface area contributed by atoms with E-state index in [4.69, 9.17) is 9.52 Å². The van der Waals surface area contributed by atoms with E-state index >= 15 is 0 Å². The van der Waals surface area contributed by atoms with Gasteiger partial charge in [-0.05, 0) is 29.8 Å². The van der Waals surface area contributed by atoms with Crippen molar-refractivity contribution in [1.82, 2.24) is 14.9 Å². The molecule has 0 aliphatic heterocycles. The van der Waals surface area contributed by atoms with Crippen molar-refractivity contribution >= 4 is 5.97 Å². The summed E-state index contributed by atoms with van der Waals surface area (Å²) in [5, 5.41) is 12.2. The highest BCUT2D eigenvalue weighted by Gasteiger charge is 2.04. The maximum Gasteiger partial charge on any atom is 0.335 e. The predicted molar refractivity (Wildman–Crippen MR) is 84.0 cm³/mol. The van der Waals surface area contributed by atoms with Gasteiger partial charge in [0.2, 0.25) is 0 Å². The van der Waals surface area contributed by atoms with E-state index in [9.17, 15) is 4.79 Å². The number of hydrogen-bond acceptors (Lipinski definition) is 4. The van der Waals surface area contributed by atoms with E-state index in [1.807, 2.05) is 35.0 Å². The third-order valence-corrected chi connectivity index (χ3v) is 3.44. The van der Waals surface area contributed by atoms with E-state index < -0.39 is 5.97 Å². The molecule has 0 aliphatic carbocycles. The molecule has 23 heavy (non-hydrogen) atoms. The number of rotatable bonds is 7. The van der Waals surface area contributed by atoms with Crippen LogP contribution in [0.15, 0.2) is 59.6 Å². The first-order valence-electron chi connectivity index (χ1n) is 7.27. The number of aromatic carboxylic acids is 1. The van der Waals surface area contributed by atoms with E-state index in [1.54, 1.807) is 24.7 Å². The Balaban J connectivity index is 1.53. The summed E-state index contributed by atoms with van der Waals surface area (Å²) in [4.78, 5) is 15.2. The van der Waals surface area contributed by atoms with Crippen molar-refractivity contribution in [3.05, 3.63) is 77.8 Å². The van der Waals surface area contributed by atoms with Gasteiger partial charge in [-0.3, -0.25) is 0 Å². The number of nitrogens with one attached hydrogen (secondary N) is 1. The number of hydrogen-bond donors (Lipinski definition) is 2. The first kappa shape index (κ1) is 15.1. The molecule has 3 rings (SSSR count). The summed E-state index contributed by atoms with van der Waals surface area (Å²) in [5.41, 5.74) is 2.27. The van der Waals surface area contributed by atoms with Crippen LogP contribution in [0.25, 0.3) is 0 Å². The van der Waals surface area contributed by atoms with Crippen LogP contribution in [0.5, 0.6) is 0 Å². The second-order valence-electron chi connectivity index (χ2n) is 5.22. The van der Waals surface area contributed by atoms with Gasteiger partial charge in [0.25, 0.3) is 0 Å². The zero-order valence-corrected chi connectivity index (χ0v) is 12.5. The van der Waals surface area contributed by atoms with Crippen LogP contribution in [-0.2, 0) is 19.6 Å². The molecule has 3 aromatic rings. The van der Waals surface area contributed by atoms with Crippen molar-refractivity contribution in [2.45, 2.75) is 19.6 Å². The molecule has 2 heterocycles. The quantitative estimate of drug-likeness (QED) is 0.701. The zero-order valence-electron chi connectivity index (χ0n) is 12.5. The second-order valence-corrected chi connectivity index (χ2v) is 5.22. The highest BCUT2D eigenvalue weighted by Crippen LogP contribution is 2.08. The van der Waals surface area contributed by atoms with E-state index in [-0.39, 0.29) is 0 Å². The maximum absolute atomic E-state index is 10.8. The largest absolute Gasteiger partial charge is 0.478 e. The third kappa shape index (κ3) is 4.08. The molecule has 0 fully saturated rings. The van der Waals surface area contributed by atoms with Crippen LogP contribution in [0.4, 0.5) is 0 Å². The van der Waals surface area contributed by atoms with Gasteiger partial charge in [-0.1, -0.05) is 12.1 Å². The highest BCUT2D eigenvalue weighted by atomic mass is 16.4. The molecule has 0 spiro atoms. The Labute approximate surface area is 133 Å². The minimum atomic E-state index is -0.913. The Bertz CT molecular complexity index is 761. The summed E-state index contributed by atoms with van der Waals surface area (Å²) in [6.07, 6.45) is 5.40. The molecule has 6 nitrogen and oxygen atoms in total. The molecule has 2 N–H and O–H groups in total. The third-order valence-electron chi connectivity index (χ3n) is 3.44. The molecular formula is C17H17N3O3. The lowest BCUT2D eigenvalue weighted by Gasteiger charge is -2.03. The Kier molecular flexibility index (Phi) is 4.54. The summed E-state index contributed by atoms with van der Waals surface area (Å²) < 4.78 is 7.22. The number of carboxylic acids is 1. The first-order valence-corrected chi connectivity index (χ1v) is 7.27. The SMILES string of the molecule is O=C(O)c1ccc(Cn2cnc(CNCc3ccco3)c2)cc1. The first-order chi connectivity index (χ1) is 11.2. The normalized spacial score (nSPS) is 10.8. The summed E-state index contributed by atoms with van der Waals surface area (Å²) in [6, 6.07) is 10.6. The van der Waals surface area contributed by atoms with E-state index in [1.165, 1.54) is 0 Å². The minimum Gasteiger partial charge on any atom is -0.478 e. The molecule has 0 aliphatic rings. The number of carboxylic acid groups (broad SMARTS) is 1. The van der Waals surface area contributed by atoms with Gasteiger partial charge in [0.1, 0.15) is 5.76 Å². The van der Waals surface area contributed by atoms with Gasteiger partial charge in [-0.2, -0.15) is 0 Å². The van der Waals surface area contributed by atoms with Crippen molar-refractivity contribution in [2.24, 2.45) is 0 Å². The van der Waals surface area contributed by atoms with E-state index in [0.717, 1.165) is 17.0 Å². The summed E-state index contributed by atoms with van der Waals surface area (Å²) in [7, 11) is 0. The number of benzene rings is 1. The van der Waals surface area contributed by atoms with Gasteiger partial charge in [0.15, 0.2) is 0 Å². The number of furan rings is 1. The van der Waals surface area contributed by atoms with Crippen LogP contribution in [0, 0.1) is 0 Å². The summed E-state index contributed by atoms with van der Waals surface area (Å²) in [5.74, 6) is -0.0212. The Hall–Kier alpha value is -2.86. The molecule has 0 saturated carbocycles. The lowest BCUT2D eigenvalue weighted by molar-refractivity contribution is 0.0697. The van der Waals surface area contributed by atoms with Crippen LogP contribution in [0.3, 0.4) is 0 Å².